The molecule has 11 heavy (non-hydrogen) atoms. The molecule has 0 saturated heterocycles. The zero-order chi connectivity index (χ0) is 8.69. The third-order valence-corrected chi connectivity index (χ3v) is 2.71. The summed E-state index contributed by atoms with van der Waals surface area (Å²) in [6, 6.07) is -0.689. The first-order chi connectivity index (χ1) is 5.18. The molecule has 0 heterocycles. The quantitative estimate of drug-likeness (QED) is 0.203. The van der Waals surface area contributed by atoms with Crippen LogP contribution in [-0.4, -0.2) is 21.5 Å². The first kappa shape index (κ1) is 11.1. The number of halogens is 1. The van der Waals surface area contributed by atoms with Crippen LogP contribution in [0.25, 0.3) is 0 Å². The summed E-state index contributed by atoms with van der Waals surface area (Å²) in [6.07, 6.45) is 2.47. The molecule has 0 aliphatic carbocycles. The third-order valence-electron chi connectivity index (χ3n) is 1.33. The predicted octanol–water partition coefficient (Wildman–Crippen LogP) is -3.47. The van der Waals surface area contributed by atoms with Crippen LogP contribution < -0.4 is 31.2 Å². The van der Waals surface area contributed by atoms with Crippen molar-refractivity contribution in [1.29, 1.82) is 0 Å². The van der Waals surface area contributed by atoms with Gasteiger partial charge in [-0.05, 0) is 0 Å². The van der Waals surface area contributed by atoms with Crippen LogP contribution in [0.15, 0.2) is 0 Å². The summed E-state index contributed by atoms with van der Waals surface area (Å²) in [7, 11) is 0. The van der Waals surface area contributed by atoms with E-state index < -0.39 is 12.0 Å². The number of hydrogen-bond donors (Lipinski definition) is 3. The van der Waals surface area contributed by atoms with Crippen molar-refractivity contribution in [2.75, 3.05) is 4.43 Å². The average Bonchev–Trinajstić information content (AvgIpc) is 1.97. The molecule has 0 amide bonds. The summed E-state index contributed by atoms with van der Waals surface area (Å²) >= 11 is -0.129. The summed E-state index contributed by atoms with van der Waals surface area (Å²) < 4.78 is 6.43. The fraction of sp³-hybridized carbons (Fsp3) is 0.833. The number of alkyl halides is 1. The van der Waals surface area contributed by atoms with E-state index in [1.54, 1.807) is 0 Å². The van der Waals surface area contributed by atoms with Crippen LogP contribution in [0, 0.1) is 0 Å². The van der Waals surface area contributed by atoms with Gasteiger partial charge in [-0.1, -0.05) is 0 Å². The van der Waals surface area contributed by atoms with Gasteiger partial charge in [0.2, 0.25) is 0 Å². The van der Waals surface area contributed by atoms with Crippen LogP contribution in [0.1, 0.15) is 19.3 Å². The van der Waals surface area contributed by atoms with E-state index in [4.69, 9.17) is 14.8 Å². The molecule has 68 valence electrons. The van der Waals surface area contributed by atoms with Gasteiger partial charge in [0, 0.05) is 0 Å². The van der Waals surface area contributed by atoms with E-state index in [2.05, 4.69) is 0 Å². The van der Waals surface area contributed by atoms with Gasteiger partial charge in [-0.25, -0.2) is 0 Å². The molecular weight excluding hydrogens is 259 g/mol. The van der Waals surface area contributed by atoms with Crippen molar-refractivity contribution in [3.05, 3.63) is 0 Å². The van der Waals surface area contributed by atoms with E-state index in [1.807, 2.05) is 0 Å². The first-order valence-corrected chi connectivity index (χ1v) is 6.21. The number of unbranched alkanes of at least 4 members (excludes halogenated alkanes) is 1. The summed E-state index contributed by atoms with van der Waals surface area (Å²) in [5.41, 5.74) is 5.28. The molecule has 0 aromatic rings. The fourth-order valence-corrected chi connectivity index (χ4v) is 1.64. The molecule has 0 saturated carbocycles. The van der Waals surface area contributed by atoms with Crippen LogP contribution in [0.4, 0.5) is 0 Å². The number of carboxylic acids is 1. The molecule has 1 atom stereocenters. The van der Waals surface area contributed by atoms with Crippen molar-refractivity contribution < 1.29 is 31.4 Å². The SMILES string of the molecule is N[I-]CCCCC(N)C(=O)O. The number of nitrogens with two attached hydrogens (primary N) is 2. The van der Waals surface area contributed by atoms with Crippen molar-refractivity contribution in [2.24, 2.45) is 9.68 Å². The second-order valence-electron chi connectivity index (χ2n) is 2.28. The monoisotopic (exact) mass is 273 g/mol. The molecule has 0 bridgehead atoms. The van der Waals surface area contributed by atoms with Gasteiger partial charge in [0.15, 0.2) is 0 Å². The van der Waals surface area contributed by atoms with Gasteiger partial charge < -0.3 is 0 Å². The third kappa shape index (κ3) is 6.52. The minimum atomic E-state index is -0.910. The zero-order valence-corrected chi connectivity index (χ0v) is 8.45. The number of hydrogen-bond acceptors (Lipinski definition) is 3. The van der Waals surface area contributed by atoms with Crippen LogP contribution >= 0.6 is 0 Å². The van der Waals surface area contributed by atoms with Gasteiger partial charge in [-0.15, -0.1) is 0 Å². The second kappa shape index (κ2) is 6.81. The summed E-state index contributed by atoms with van der Waals surface area (Å²) in [5.74, 6) is -0.910. The van der Waals surface area contributed by atoms with Crippen molar-refractivity contribution in [3.63, 3.8) is 0 Å². The summed E-state index contributed by atoms with van der Waals surface area (Å²) in [5, 5.41) is 8.40. The molecule has 0 spiro atoms. The number of rotatable bonds is 6. The van der Waals surface area contributed by atoms with E-state index in [0.717, 1.165) is 17.3 Å². The van der Waals surface area contributed by atoms with Crippen LogP contribution in [0.3, 0.4) is 0 Å². The molecule has 0 fully saturated rings. The average molecular weight is 273 g/mol. The Kier molecular flexibility index (Phi) is 6.88. The molecule has 0 rings (SSSR count). The van der Waals surface area contributed by atoms with Crippen molar-refractivity contribution in [3.8, 4) is 0 Å². The maximum atomic E-state index is 10.2. The Morgan fingerprint density at radius 1 is 1.55 bits per heavy atom. The summed E-state index contributed by atoms with van der Waals surface area (Å²) in [6.45, 7) is 0. The Morgan fingerprint density at radius 2 is 2.18 bits per heavy atom. The molecular formula is C6H14IN2O2-. The van der Waals surface area contributed by atoms with E-state index in [-0.39, 0.29) is 21.5 Å². The van der Waals surface area contributed by atoms with Crippen LogP contribution in [-0.2, 0) is 4.79 Å². The number of carboxylic acid groups (broad SMARTS) is 1. The fourth-order valence-electron chi connectivity index (χ4n) is 0.659. The Morgan fingerprint density at radius 3 is 2.64 bits per heavy atom. The predicted molar refractivity (Wildman–Crippen MR) is 38.5 cm³/mol. The topological polar surface area (TPSA) is 89.3 Å². The molecule has 0 aromatic carbocycles. The Bertz CT molecular complexity index is 121. The molecule has 5 heteroatoms. The second-order valence-corrected chi connectivity index (χ2v) is 4.24. The summed E-state index contributed by atoms with van der Waals surface area (Å²) in [4.78, 5) is 10.2. The number of carbonyl (C=O) groups is 1. The van der Waals surface area contributed by atoms with Crippen molar-refractivity contribution in [1.82, 2.24) is 0 Å². The van der Waals surface area contributed by atoms with Gasteiger partial charge in [-0.3, -0.25) is 0 Å². The van der Waals surface area contributed by atoms with Crippen LogP contribution in [0.2, 0.25) is 0 Å². The van der Waals surface area contributed by atoms with Crippen molar-refractivity contribution in [2.45, 2.75) is 25.3 Å². The normalized spacial score (nSPS) is 13.3. The first-order valence-electron chi connectivity index (χ1n) is 3.44. The Labute approximate surface area is 76.9 Å². The van der Waals surface area contributed by atoms with E-state index in [9.17, 15) is 4.79 Å². The van der Waals surface area contributed by atoms with Gasteiger partial charge in [0.1, 0.15) is 0 Å². The zero-order valence-electron chi connectivity index (χ0n) is 6.29. The molecule has 0 aromatic heterocycles. The Balaban J connectivity index is 3.17. The van der Waals surface area contributed by atoms with E-state index in [0.29, 0.717) is 6.42 Å². The van der Waals surface area contributed by atoms with E-state index in [1.165, 1.54) is 0 Å². The molecule has 4 nitrogen and oxygen atoms in total. The van der Waals surface area contributed by atoms with Gasteiger partial charge in [0.05, 0.1) is 0 Å². The maximum absolute atomic E-state index is 10.2. The van der Waals surface area contributed by atoms with Gasteiger partial charge in [-0.2, -0.15) is 0 Å². The molecule has 0 radical (unpaired) electrons. The van der Waals surface area contributed by atoms with Gasteiger partial charge >= 0.3 is 76.8 Å². The standard InChI is InChI=1S/C6H14IN2O2/c8-5(6(10)11)3-1-2-4-7-9/h5H,1-4,8-9H2,(H,10,11)/q-1. The van der Waals surface area contributed by atoms with Gasteiger partial charge in [0.25, 0.3) is 0 Å². The number of aliphatic carboxylic acids is 1. The Hall–Kier alpha value is 0.120. The minimum absolute atomic E-state index is 0.129. The molecule has 0 aliphatic rings. The molecule has 0 aliphatic heterocycles. The van der Waals surface area contributed by atoms with Crippen molar-refractivity contribution >= 4 is 5.97 Å². The molecule has 1 unspecified atom stereocenters. The van der Waals surface area contributed by atoms with Crippen LogP contribution in [0.5, 0.6) is 0 Å². The molecule has 5 N–H and O–H groups in total. The van der Waals surface area contributed by atoms with E-state index >= 15 is 0 Å².